The van der Waals surface area contributed by atoms with Crippen LogP contribution in [-0.4, -0.2) is 0 Å². The maximum atomic E-state index is 8.47. The van der Waals surface area contributed by atoms with Crippen LogP contribution in [0.1, 0.15) is 5.56 Å². The van der Waals surface area contributed by atoms with E-state index >= 15 is 0 Å². The molecule has 0 aliphatic carbocycles. The third-order valence-electron chi connectivity index (χ3n) is 1.25. The van der Waals surface area contributed by atoms with Crippen LogP contribution < -0.4 is 5.32 Å². The van der Waals surface area contributed by atoms with Crippen molar-refractivity contribution in [1.82, 2.24) is 0 Å². The van der Waals surface area contributed by atoms with Gasteiger partial charge in [-0.1, -0.05) is 6.07 Å². The number of hydrogen-bond acceptors (Lipinski definition) is 1. The van der Waals surface area contributed by atoms with Gasteiger partial charge in [-0.25, -0.2) is 0 Å². The second-order valence-electron chi connectivity index (χ2n) is 1.94. The van der Waals surface area contributed by atoms with Crippen molar-refractivity contribution in [2.45, 2.75) is 0 Å². The molecule has 1 aromatic carbocycles. The number of nitrogens with zero attached hydrogens (tertiary/aromatic N) is 1. The standard InChI is InChI=1S/C8H8N2/c1-10-8-4-2-3-7(5-8)6-9/h2-5H,1,10H2. The van der Waals surface area contributed by atoms with Gasteiger partial charge in [0.05, 0.1) is 11.6 Å². The third-order valence-corrected chi connectivity index (χ3v) is 1.25. The molecule has 0 heterocycles. The van der Waals surface area contributed by atoms with Crippen molar-refractivity contribution in [1.29, 1.82) is 5.26 Å². The Labute approximate surface area is 60.1 Å². The first kappa shape index (κ1) is 6.79. The number of rotatable bonds is 1. The zero-order chi connectivity index (χ0) is 7.40. The summed E-state index contributed by atoms with van der Waals surface area (Å²) in [6.07, 6.45) is 0. The molecule has 0 saturated carbocycles. The summed E-state index contributed by atoms with van der Waals surface area (Å²) < 4.78 is 0. The third kappa shape index (κ3) is 1.34. The van der Waals surface area contributed by atoms with E-state index in [4.69, 9.17) is 5.26 Å². The molecule has 0 bridgehead atoms. The lowest BCUT2D eigenvalue weighted by molar-refractivity contribution is -0.504. The summed E-state index contributed by atoms with van der Waals surface area (Å²) in [6.45, 7) is 0. The van der Waals surface area contributed by atoms with Crippen LogP contribution in [0.2, 0.25) is 0 Å². The lowest BCUT2D eigenvalue weighted by Crippen LogP contribution is -2.69. The number of hydrogen-bond donors (Lipinski definition) is 1. The summed E-state index contributed by atoms with van der Waals surface area (Å²) in [7, 11) is 3.60. The molecule has 0 amide bonds. The van der Waals surface area contributed by atoms with E-state index in [1.54, 1.807) is 17.4 Å². The first-order valence-electron chi connectivity index (χ1n) is 2.99. The molecule has 0 spiro atoms. The minimum absolute atomic E-state index is 0.678. The Balaban J connectivity index is 3.01. The van der Waals surface area contributed by atoms with E-state index in [9.17, 15) is 0 Å². The fourth-order valence-corrected chi connectivity index (χ4v) is 0.735. The number of quaternary nitrogens is 1. The topological polar surface area (TPSA) is 40.4 Å². The molecule has 1 rings (SSSR count). The van der Waals surface area contributed by atoms with Crippen LogP contribution in [-0.2, 0) is 0 Å². The Kier molecular flexibility index (Phi) is 2.03. The predicted octanol–water partition coefficient (Wildman–Crippen LogP) is 0.545. The van der Waals surface area contributed by atoms with Crippen molar-refractivity contribution in [2.75, 3.05) is 0 Å². The van der Waals surface area contributed by atoms with Gasteiger partial charge in [0, 0.05) is 6.07 Å². The molecule has 0 aliphatic heterocycles. The van der Waals surface area contributed by atoms with E-state index in [-0.39, 0.29) is 0 Å². The average Bonchev–Trinajstić information content (AvgIpc) is 2.05. The van der Waals surface area contributed by atoms with Crippen LogP contribution in [0.25, 0.3) is 0 Å². The van der Waals surface area contributed by atoms with E-state index < -0.39 is 0 Å². The summed E-state index contributed by atoms with van der Waals surface area (Å²) in [5.41, 5.74) is 1.66. The molecular formula is C8H8N2. The molecule has 0 atom stereocenters. The monoisotopic (exact) mass is 132 g/mol. The van der Waals surface area contributed by atoms with Gasteiger partial charge in [0.1, 0.15) is 5.69 Å². The van der Waals surface area contributed by atoms with Gasteiger partial charge < -0.3 is 5.32 Å². The van der Waals surface area contributed by atoms with Crippen molar-refractivity contribution in [3.05, 3.63) is 36.9 Å². The average molecular weight is 132 g/mol. The zero-order valence-electron chi connectivity index (χ0n) is 5.54. The van der Waals surface area contributed by atoms with E-state index in [1.165, 1.54) is 0 Å². The maximum absolute atomic E-state index is 8.47. The Morgan fingerprint density at radius 2 is 2.30 bits per heavy atom. The Morgan fingerprint density at radius 1 is 1.50 bits per heavy atom. The molecular weight excluding hydrogens is 124 g/mol. The highest BCUT2D eigenvalue weighted by Gasteiger charge is 1.90. The molecule has 0 saturated heterocycles. The van der Waals surface area contributed by atoms with Gasteiger partial charge in [0.15, 0.2) is 0 Å². The predicted molar refractivity (Wildman–Crippen MR) is 38.1 cm³/mol. The molecule has 0 aromatic heterocycles. The normalized spacial score (nSPS) is 8.80. The second kappa shape index (κ2) is 3.00. The molecule has 0 aliphatic rings. The van der Waals surface area contributed by atoms with Crippen LogP contribution in [0.5, 0.6) is 0 Å². The highest BCUT2D eigenvalue weighted by Crippen LogP contribution is 2.02. The maximum Gasteiger partial charge on any atom is 0.104 e. The van der Waals surface area contributed by atoms with Gasteiger partial charge in [-0.3, -0.25) is 0 Å². The van der Waals surface area contributed by atoms with Gasteiger partial charge in [-0.2, -0.15) is 5.26 Å². The highest BCUT2D eigenvalue weighted by atomic mass is 14.8. The molecule has 2 heteroatoms. The van der Waals surface area contributed by atoms with E-state index in [0.717, 1.165) is 5.69 Å². The van der Waals surface area contributed by atoms with E-state index in [2.05, 4.69) is 13.1 Å². The number of nitrogens with two attached hydrogens (primary N) is 1. The fourth-order valence-electron chi connectivity index (χ4n) is 0.735. The lowest BCUT2D eigenvalue weighted by atomic mass is 10.2. The van der Waals surface area contributed by atoms with Crippen LogP contribution in [0.4, 0.5) is 5.69 Å². The van der Waals surface area contributed by atoms with Gasteiger partial charge in [0.25, 0.3) is 0 Å². The van der Waals surface area contributed by atoms with Gasteiger partial charge in [0.2, 0.25) is 0 Å². The summed E-state index contributed by atoms with van der Waals surface area (Å²) in [6, 6.07) is 9.38. The van der Waals surface area contributed by atoms with Crippen molar-refractivity contribution < 1.29 is 5.32 Å². The van der Waals surface area contributed by atoms with Gasteiger partial charge in [-0.15, -0.1) is 7.05 Å². The van der Waals surface area contributed by atoms with Crippen LogP contribution >= 0.6 is 0 Å². The molecule has 2 nitrogen and oxygen atoms in total. The first-order chi connectivity index (χ1) is 4.86. The van der Waals surface area contributed by atoms with Crippen molar-refractivity contribution in [2.24, 2.45) is 0 Å². The minimum atomic E-state index is 0.678. The van der Waals surface area contributed by atoms with Crippen LogP contribution in [0.3, 0.4) is 0 Å². The summed E-state index contributed by atoms with van der Waals surface area (Å²) in [4.78, 5) is 0. The summed E-state index contributed by atoms with van der Waals surface area (Å²) in [5.74, 6) is 0. The smallest absolute Gasteiger partial charge is 0.104 e. The Bertz CT molecular complexity index is 260. The second-order valence-corrected chi connectivity index (χ2v) is 1.94. The van der Waals surface area contributed by atoms with Gasteiger partial charge in [-0.05, 0) is 12.1 Å². The van der Waals surface area contributed by atoms with Crippen LogP contribution in [0.15, 0.2) is 24.3 Å². The molecule has 10 heavy (non-hydrogen) atoms. The van der Waals surface area contributed by atoms with Crippen molar-refractivity contribution in [3.63, 3.8) is 0 Å². The molecule has 0 fully saturated rings. The SMILES string of the molecule is [CH2-][NH2+]c1cccc(C#N)c1. The molecule has 0 radical (unpaired) electrons. The molecule has 0 unspecified atom stereocenters. The Morgan fingerprint density at radius 3 is 2.90 bits per heavy atom. The van der Waals surface area contributed by atoms with Crippen molar-refractivity contribution in [3.8, 4) is 6.07 Å². The fraction of sp³-hybridized carbons (Fsp3) is 0. The lowest BCUT2D eigenvalue weighted by Gasteiger charge is -1.96. The summed E-state index contributed by atoms with van der Waals surface area (Å²) >= 11 is 0. The van der Waals surface area contributed by atoms with E-state index in [1.807, 2.05) is 12.1 Å². The summed E-state index contributed by atoms with van der Waals surface area (Å²) in [5, 5.41) is 10.2. The number of nitriles is 1. The van der Waals surface area contributed by atoms with Gasteiger partial charge >= 0.3 is 0 Å². The van der Waals surface area contributed by atoms with Crippen molar-refractivity contribution >= 4 is 5.69 Å². The quantitative estimate of drug-likeness (QED) is 0.440. The highest BCUT2D eigenvalue weighted by molar-refractivity contribution is 5.39. The first-order valence-corrected chi connectivity index (χ1v) is 2.99. The molecule has 50 valence electrons. The molecule has 2 N–H and O–H groups in total. The van der Waals surface area contributed by atoms with Crippen LogP contribution in [0, 0.1) is 18.4 Å². The van der Waals surface area contributed by atoms with E-state index in [0.29, 0.717) is 5.56 Å². The number of benzene rings is 1. The largest absolute Gasteiger partial charge is 0.446 e. The molecule has 1 aromatic rings. The minimum Gasteiger partial charge on any atom is -0.446 e. The Hall–Kier alpha value is -1.33. The zero-order valence-corrected chi connectivity index (χ0v) is 5.54.